The van der Waals surface area contributed by atoms with Gasteiger partial charge in [-0.3, -0.25) is 0 Å². The van der Waals surface area contributed by atoms with E-state index in [1.54, 1.807) is 0 Å². The molecular weight excluding hydrogens is 570 g/mol. The van der Waals surface area contributed by atoms with Crippen LogP contribution < -0.4 is 5.32 Å². The second-order valence-corrected chi connectivity index (χ2v) is 9.74. The number of benzene rings is 2. The zero-order valence-electron chi connectivity index (χ0n) is 26.0. The number of ether oxygens (including phenoxy) is 9. The van der Waals surface area contributed by atoms with Crippen LogP contribution in [0.3, 0.4) is 0 Å². The average Bonchev–Trinajstić information content (AvgIpc) is 3.37. The van der Waals surface area contributed by atoms with Crippen LogP contribution in [0.5, 0.6) is 0 Å². The van der Waals surface area contributed by atoms with Gasteiger partial charge in [0.25, 0.3) is 0 Å². The lowest BCUT2D eigenvalue weighted by Gasteiger charge is -2.14. The second-order valence-electron chi connectivity index (χ2n) is 9.74. The highest BCUT2D eigenvalue weighted by Gasteiger charge is 2.28. The minimum absolute atomic E-state index is 0.0434. The summed E-state index contributed by atoms with van der Waals surface area (Å²) in [5, 5.41) is 2.74. The van der Waals surface area contributed by atoms with Crippen LogP contribution in [0, 0.1) is 0 Å². The minimum Gasteiger partial charge on any atom is -0.449 e. The summed E-state index contributed by atoms with van der Waals surface area (Å²) >= 11 is 0. The van der Waals surface area contributed by atoms with E-state index in [0.717, 1.165) is 0 Å². The van der Waals surface area contributed by atoms with Crippen LogP contribution in [0.2, 0.25) is 0 Å². The SMILES string of the molecule is CCOCCOCCOCCOCCOCCOCCOCCOCCNC(=O)OCC1c2ccccc2-c2ccccc21. The van der Waals surface area contributed by atoms with Crippen LogP contribution >= 0.6 is 0 Å². The van der Waals surface area contributed by atoms with E-state index in [1.807, 2.05) is 31.2 Å². The van der Waals surface area contributed by atoms with Gasteiger partial charge in [0.1, 0.15) is 6.61 Å². The number of carbonyl (C=O) groups is 1. The fraction of sp³-hybridized carbons (Fsp3) is 0.606. The lowest BCUT2D eigenvalue weighted by molar-refractivity contribution is -0.0227. The Hall–Kier alpha value is -2.61. The predicted octanol–water partition coefficient (Wildman–Crippen LogP) is 3.68. The Bertz CT molecular complexity index is 978. The lowest BCUT2D eigenvalue weighted by Crippen LogP contribution is -2.29. The molecule has 1 aliphatic rings. The fourth-order valence-corrected chi connectivity index (χ4v) is 4.56. The van der Waals surface area contributed by atoms with E-state index >= 15 is 0 Å². The summed E-state index contributed by atoms with van der Waals surface area (Å²) in [5.74, 6) is 0.0434. The van der Waals surface area contributed by atoms with Gasteiger partial charge in [-0.15, -0.1) is 0 Å². The highest BCUT2D eigenvalue weighted by Crippen LogP contribution is 2.44. The Kier molecular flexibility index (Phi) is 19.3. The van der Waals surface area contributed by atoms with E-state index in [9.17, 15) is 4.79 Å². The first-order chi connectivity index (χ1) is 21.8. The lowest BCUT2D eigenvalue weighted by atomic mass is 9.98. The van der Waals surface area contributed by atoms with Gasteiger partial charge in [-0.25, -0.2) is 4.79 Å². The maximum absolute atomic E-state index is 12.2. The van der Waals surface area contributed by atoms with Crippen LogP contribution in [-0.4, -0.2) is 125 Å². The van der Waals surface area contributed by atoms with Crippen molar-refractivity contribution >= 4 is 6.09 Å². The van der Waals surface area contributed by atoms with Gasteiger partial charge in [-0.05, 0) is 29.2 Å². The molecule has 0 aromatic heterocycles. The van der Waals surface area contributed by atoms with Gasteiger partial charge in [0.15, 0.2) is 0 Å². The number of hydrogen-bond acceptors (Lipinski definition) is 10. The van der Waals surface area contributed by atoms with Crippen molar-refractivity contribution < 1.29 is 47.4 Å². The molecule has 0 unspecified atom stereocenters. The third-order valence-corrected chi connectivity index (χ3v) is 6.67. The smallest absolute Gasteiger partial charge is 0.407 e. The molecular formula is C33H49NO10. The first kappa shape index (κ1) is 35.9. The van der Waals surface area contributed by atoms with Crippen LogP contribution in [0.25, 0.3) is 11.1 Å². The molecule has 0 aliphatic heterocycles. The van der Waals surface area contributed by atoms with Crippen molar-refractivity contribution in [3.63, 3.8) is 0 Å². The summed E-state index contributed by atoms with van der Waals surface area (Å²) in [6.07, 6.45) is -0.447. The Morgan fingerprint density at radius 2 is 0.909 bits per heavy atom. The number of rotatable bonds is 27. The third kappa shape index (κ3) is 14.4. The Morgan fingerprint density at radius 1 is 0.545 bits per heavy atom. The highest BCUT2D eigenvalue weighted by atomic mass is 16.6. The molecule has 2 aromatic carbocycles. The molecule has 0 fully saturated rings. The molecule has 44 heavy (non-hydrogen) atoms. The molecule has 0 saturated carbocycles. The molecule has 0 spiro atoms. The number of hydrogen-bond donors (Lipinski definition) is 1. The van der Waals surface area contributed by atoms with Gasteiger partial charge >= 0.3 is 6.09 Å². The topological polar surface area (TPSA) is 112 Å². The molecule has 0 heterocycles. The van der Waals surface area contributed by atoms with Crippen molar-refractivity contribution in [3.05, 3.63) is 59.7 Å². The first-order valence-electron chi connectivity index (χ1n) is 15.5. The van der Waals surface area contributed by atoms with Crippen molar-refractivity contribution in [2.45, 2.75) is 12.8 Å². The summed E-state index contributed by atoms with van der Waals surface area (Å²) < 4.78 is 48.9. The molecule has 0 bridgehead atoms. The molecule has 3 rings (SSSR count). The molecule has 0 atom stereocenters. The van der Waals surface area contributed by atoms with Crippen molar-refractivity contribution in [1.29, 1.82) is 0 Å². The number of amides is 1. The highest BCUT2D eigenvalue weighted by molar-refractivity contribution is 5.79. The van der Waals surface area contributed by atoms with E-state index in [0.29, 0.717) is 119 Å². The maximum atomic E-state index is 12.2. The van der Waals surface area contributed by atoms with Crippen molar-refractivity contribution in [3.8, 4) is 11.1 Å². The van der Waals surface area contributed by atoms with E-state index in [2.05, 4.69) is 29.6 Å². The van der Waals surface area contributed by atoms with Gasteiger partial charge < -0.3 is 47.9 Å². The van der Waals surface area contributed by atoms with E-state index in [4.69, 9.17) is 42.6 Å². The van der Waals surface area contributed by atoms with E-state index in [-0.39, 0.29) is 5.92 Å². The van der Waals surface area contributed by atoms with Gasteiger partial charge in [0.2, 0.25) is 0 Å². The fourth-order valence-electron chi connectivity index (χ4n) is 4.56. The summed E-state index contributed by atoms with van der Waals surface area (Å²) in [6.45, 7) is 10.9. The first-order valence-corrected chi connectivity index (χ1v) is 15.5. The quantitative estimate of drug-likeness (QED) is 0.149. The van der Waals surface area contributed by atoms with Crippen molar-refractivity contribution in [2.24, 2.45) is 0 Å². The van der Waals surface area contributed by atoms with Gasteiger partial charge in [0.05, 0.1) is 99.1 Å². The molecule has 1 amide bonds. The van der Waals surface area contributed by atoms with Crippen LogP contribution in [0.15, 0.2) is 48.5 Å². The molecule has 1 aliphatic carbocycles. The second kappa shape index (κ2) is 23.7. The molecule has 11 heteroatoms. The number of carbonyl (C=O) groups excluding carboxylic acids is 1. The van der Waals surface area contributed by atoms with Crippen LogP contribution in [0.1, 0.15) is 24.0 Å². The van der Waals surface area contributed by atoms with Gasteiger partial charge in [-0.1, -0.05) is 48.5 Å². The summed E-state index contributed by atoms with van der Waals surface area (Å²) in [7, 11) is 0. The number of nitrogens with one attached hydrogen (secondary N) is 1. The number of alkyl carbamates (subject to hydrolysis) is 1. The van der Waals surface area contributed by atoms with Crippen LogP contribution in [0.4, 0.5) is 4.79 Å². The van der Waals surface area contributed by atoms with Gasteiger partial charge in [-0.2, -0.15) is 0 Å². The zero-order valence-corrected chi connectivity index (χ0v) is 26.0. The average molecular weight is 620 g/mol. The van der Waals surface area contributed by atoms with Crippen LogP contribution in [-0.2, 0) is 42.6 Å². The summed E-state index contributed by atoms with van der Waals surface area (Å²) in [6, 6.07) is 16.5. The Labute approximate surface area is 261 Å². The monoisotopic (exact) mass is 619 g/mol. The van der Waals surface area contributed by atoms with Gasteiger partial charge in [0, 0.05) is 19.1 Å². The molecule has 1 N–H and O–H groups in total. The normalized spacial score (nSPS) is 12.3. The van der Waals surface area contributed by atoms with E-state index < -0.39 is 6.09 Å². The summed E-state index contributed by atoms with van der Waals surface area (Å²) in [4.78, 5) is 12.2. The maximum Gasteiger partial charge on any atom is 0.407 e. The van der Waals surface area contributed by atoms with E-state index in [1.165, 1.54) is 22.3 Å². The predicted molar refractivity (Wildman–Crippen MR) is 165 cm³/mol. The third-order valence-electron chi connectivity index (χ3n) is 6.67. The van der Waals surface area contributed by atoms with Crippen molar-refractivity contribution in [2.75, 3.05) is 119 Å². The molecule has 0 saturated heterocycles. The Balaban J connectivity index is 1.02. The summed E-state index contributed by atoms with van der Waals surface area (Å²) in [5.41, 5.74) is 4.79. The Morgan fingerprint density at radius 3 is 1.32 bits per heavy atom. The van der Waals surface area contributed by atoms with Crippen molar-refractivity contribution in [1.82, 2.24) is 5.32 Å². The molecule has 11 nitrogen and oxygen atoms in total. The number of fused-ring (bicyclic) bond motifs is 3. The largest absolute Gasteiger partial charge is 0.449 e. The molecule has 0 radical (unpaired) electrons. The molecule has 246 valence electrons. The minimum atomic E-state index is -0.447. The zero-order chi connectivity index (χ0) is 30.9. The standard InChI is InChI=1S/C33H49NO10/c1-2-36-13-14-38-17-18-40-21-22-42-25-26-43-24-23-41-20-19-39-16-15-37-12-11-34-33(35)44-27-32-30-9-5-3-7-28(30)29-8-4-6-10-31(29)32/h3-10,32H,2,11-27H2,1H3,(H,34,35). The molecule has 2 aromatic rings.